The molecule has 0 heterocycles. The second kappa shape index (κ2) is 1.88. The zero-order valence-electron chi connectivity index (χ0n) is 7.55. The molecule has 0 spiro atoms. The van der Waals surface area contributed by atoms with E-state index in [0.29, 0.717) is 23.0 Å². The maximum Gasteiger partial charge on any atom is 0.136 e. The Kier molecular flexibility index (Phi) is 1.25. The van der Waals surface area contributed by atoms with E-state index in [1.165, 1.54) is 6.42 Å². The molecule has 0 aromatic rings. The quantitative estimate of drug-likeness (QED) is 0.520. The summed E-state index contributed by atoms with van der Waals surface area (Å²) in [5.74, 6) is 2.38. The summed E-state index contributed by atoms with van der Waals surface area (Å²) in [6.45, 7) is 6.80. The van der Waals surface area contributed by atoms with Crippen molar-refractivity contribution in [3.05, 3.63) is 0 Å². The third kappa shape index (κ3) is 0.743. The Morgan fingerprint density at radius 3 is 2.45 bits per heavy atom. The number of hydrogen-bond donors (Lipinski definition) is 0. The molecule has 11 heavy (non-hydrogen) atoms. The number of carbonyl (C=O) groups excluding carboxylic acids is 1. The lowest BCUT2D eigenvalue weighted by Crippen LogP contribution is -2.33. The lowest BCUT2D eigenvalue weighted by atomic mass is 9.69. The summed E-state index contributed by atoms with van der Waals surface area (Å²) in [4.78, 5) is 11.4. The van der Waals surface area contributed by atoms with E-state index in [2.05, 4.69) is 20.8 Å². The van der Waals surface area contributed by atoms with Gasteiger partial charge in [0.25, 0.3) is 0 Å². The first-order valence-corrected chi connectivity index (χ1v) is 4.56. The summed E-state index contributed by atoms with van der Waals surface area (Å²) in [6, 6.07) is 0. The number of ketones is 1. The number of rotatable bonds is 0. The molecule has 2 bridgehead atoms. The van der Waals surface area contributed by atoms with Crippen molar-refractivity contribution in [3.63, 3.8) is 0 Å². The van der Waals surface area contributed by atoms with Crippen molar-refractivity contribution >= 4 is 5.78 Å². The minimum absolute atomic E-state index is 0.292. The normalized spacial score (nSPS) is 46.8. The third-order valence-corrected chi connectivity index (χ3v) is 4.17. The highest BCUT2D eigenvalue weighted by atomic mass is 16.1. The van der Waals surface area contributed by atoms with Crippen LogP contribution in [0.2, 0.25) is 0 Å². The Bertz CT molecular complexity index is 205. The van der Waals surface area contributed by atoms with Crippen LogP contribution in [0.4, 0.5) is 0 Å². The van der Waals surface area contributed by atoms with Gasteiger partial charge in [-0.05, 0) is 23.7 Å². The summed E-state index contributed by atoms with van der Waals surface area (Å²) in [5.41, 5.74) is 0.292. The van der Waals surface area contributed by atoms with Crippen LogP contribution in [0.3, 0.4) is 0 Å². The Labute approximate surface area is 68.2 Å². The SMILES string of the molecule is C[C@@H]1[C@H]2CC(=O)[C@H](C2)C1(C)C. The van der Waals surface area contributed by atoms with Gasteiger partial charge < -0.3 is 0 Å². The molecule has 2 fully saturated rings. The Balaban J connectivity index is 2.33. The van der Waals surface area contributed by atoms with E-state index in [-0.39, 0.29) is 0 Å². The summed E-state index contributed by atoms with van der Waals surface area (Å²) in [6.07, 6.45) is 2.04. The van der Waals surface area contributed by atoms with Gasteiger partial charge >= 0.3 is 0 Å². The van der Waals surface area contributed by atoms with Gasteiger partial charge in [0.1, 0.15) is 5.78 Å². The van der Waals surface area contributed by atoms with Gasteiger partial charge in [-0.15, -0.1) is 0 Å². The fraction of sp³-hybridized carbons (Fsp3) is 0.900. The van der Waals surface area contributed by atoms with Crippen LogP contribution >= 0.6 is 0 Å². The number of hydrogen-bond acceptors (Lipinski definition) is 1. The number of Topliss-reactive ketones (excluding diaryl/α,β-unsaturated/α-hetero) is 1. The van der Waals surface area contributed by atoms with Gasteiger partial charge in [0.2, 0.25) is 0 Å². The van der Waals surface area contributed by atoms with Crippen LogP contribution in [-0.4, -0.2) is 5.78 Å². The van der Waals surface area contributed by atoms with E-state index in [1.807, 2.05) is 0 Å². The molecule has 1 nitrogen and oxygen atoms in total. The predicted octanol–water partition coefficient (Wildman–Crippen LogP) is 2.26. The van der Waals surface area contributed by atoms with Crippen molar-refractivity contribution in [2.45, 2.75) is 33.6 Å². The van der Waals surface area contributed by atoms with E-state index >= 15 is 0 Å². The lowest BCUT2D eigenvalue weighted by Gasteiger charge is -2.34. The highest BCUT2D eigenvalue weighted by Gasteiger charge is 2.54. The number of fused-ring (bicyclic) bond motifs is 2. The largest absolute Gasteiger partial charge is 0.299 e. The van der Waals surface area contributed by atoms with E-state index in [0.717, 1.165) is 12.3 Å². The maximum absolute atomic E-state index is 11.4. The molecule has 0 amide bonds. The first kappa shape index (κ1) is 7.33. The smallest absolute Gasteiger partial charge is 0.136 e. The van der Waals surface area contributed by atoms with E-state index in [1.54, 1.807) is 0 Å². The molecule has 2 saturated carbocycles. The average molecular weight is 152 g/mol. The van der Waals surface area contributed by atoms with Gasteiger partial charge in [0, 0.05) is 12.3 Å². The third-order valence-electron chi connectivity index (χ3n) is 4.17. The minimum Gasteiger partial charge on any atom is -0.299 e. The predicted molar refractivity (Wildman–Crippen MR) is 44.2 cm³/mol. The molecular weight excluding hydrogens is 136 g/mol. The molecule has 0 aromatic heterocycles. The van der Waals surface area contributed by atoms with Gasteiger partial charge in [-0.25, -0.2) is 0 Å². The van der Waals surface area contributed by atoms with Crippen molar-refractivity contribution in [1.29, 1.82) is 0 Å². The van der Waals surface area contributed by atoms with Crippen molar-refractivity contribution in [2.75, 3.05) is 0 Å². The Morgan fingerprint density at radius 1 is 1.45 bits per heavy atom. The van der Waals surface area contributed by atoms with Crippen LogP contribution < -0.4 is 0 Å². The summed E-state index contributed by atoms with van der Waals surface area (Å²) in [7, 11) is 0. The summed E-state index contributed by atoms with van der Waals surface area (Å²) < 4.78 is 0. The highest BCUT2D eigenvalue weighted by Crippen LogP contribution is 2.57. The standard InChI is InChI=1S/C10H16O/c1-6-7-4-8(9(11)5-7)10(6,2)3/h6-8H,4-5H2,1-3H3/t6-,7-,8+/m1/s1. The van der Waals surface area contributed by atoms with Crippen LogP contribution in [0.15, 0.2) is 0 Å². The lowest BCUT2D eigenvalue weighted by molar-refractivity contribution is -0.126. The molecule has 62 valence electrons. The molecule has 2 aliphatic rings. The van der Waals surface area contributed by atoms with Crippen molar-refractivity contribution < 1.29 is 4.79 Å². The van der Waals surface area contributed by atoms with Gasteiger partial charge in [0.15, 0.2) is 0 Å². The van der Waals surface area contributed by atoms with Gasteiger partial charge in [0.05, 0.1) is 0 Å². The first-order valence-electron chi connectivity index (χ1n) is 4.56. The zero-order chi connectivity index (χ0) is 8.22. The monoisotopic (exact) mass is 152 g/mol. The number of carbonyl (C=O) groups is 1. The molecule has 1 heteroatoms. The molecule has 3 atom stereocenters. The van der Waals surface area contributed by atoms with Crippen LogP contribution in [0.25, 0.3) is 0 Å². The first-order chi connectivity index (χ1) is 5.03. The van der Waals surface area contributed by atoms with Gasteiger partial charge in [-0.3, -0.25) is 4.79 Å². The van der Waals surface area contributed by atoms with Crippen molar-refractivity contribution in [2.24, 2.45) is 23.2 Å². The molecular formula is C10H16O. The van der Waals surface area contributed by atoms with Crippen LogP contribution in [0.1, 0.15) is 33.6 Å². The van der Waals surface area contributed by atoms with Crippen LogP contribution in [0.5, 0.6) is 0 Å². The van der Waals surface area contributed by atoms with E-state index in [4.69, 9.17) is 0 Å². The maximum atomic E-state index is 11.4. The molecule has 0 aliphatic heterocycles. The molecule has 0 saturated heterocycles. The van der Waals surface area contributed by atoms with Gasteiger partial charge in [-0.1, -0.05) is 20.8 Å². The highest BCUT2D eigenvalue weighted by molar-refractivity contribution is 5.85. The second-order valence-corrected chi connectivity index (χ2v) is 4.83. The molecule has 0 aromatic carbocycles. The molecule has 0 radical (unpaired) electrons. The molecule has 0 N–H and O–H groups in total. The average Bonchev–Trinajstić information content (AvgIpc) is 2.35. The van der Waals surface area contributed by atoms with E-state index < -0.39 is 0 Å². The fourth-order valence-corrected chi connectivity index (χ4v) is 2.94. The van der Waals surface area contributed by atoms with Gasteiger partial charge in [-0.2, -0.15) is 0 Å². The van der Waals surface area contributed by atoms with Crippen LogP contribution in [-0.2, 0) is 4.79 Å². The van der Waals surface area contributed by atoms with E-state index in [9.17, 15) is 4.79 Å². The topological polar surface area (TPSA) is 17.1 Å². The van der Waals surface area contributed by atoms with Crippen molar-refractivity contribution in [3.8, 4) is 0 Å². The molecule has 2 rings (SSSR count). The van der Waals surface area contributed by atoms with Crippen LogP contribution in [0, 0.1) is 23.2 Å². The molecule has 2 aliphatic carbocycles. The summed E-state index contributed by atoms with van der Waals surface area (Å²) >= 11 is 0. The Hall–Kier alpha value is -0.330. The fourth-order valence-electron chi connectivity index (χ4n) is 2.94. The molecule has 0 unspecified atom stereocenters. The minimum atomic E-state index is 0.292. The Morgan fingerprint density at radius 2 is 2.09 bits per heavy atom. The van der Waals surface area contributed by atoms with Crippen molar-refractivity contribution in [1.82, 2.24) is 0 Å². The zero-order valence-corrected chi connectivity index (χ0v) is 7.55. The summed E-state index contributed by atoms with van der Waals surface area (Å²) in [5, 5.41) is 0. The second-order valence-electron chi connectivity index (χ2n) is 4.83.